The van der Waals surface area contributed by atoms with Crippen LogP contribution in [0.3, 0.4) is 0 Å². The first kappa shape index (κ1) is 15.5. The SMILES string of the molecule is O=C(C1CC1c1ccco1)N1CCCN(Cc2ccccc2)CC1. The largest absolute Gasteiger partial charge is 0.469 e. The number of carbonyl (C=O) groups is 1. The predicted octanol–water partition coefficient (Wildman–Crippen LogP) is 3.12. The maximum absolute atomic E-state index is 12.7. The van der Waals surface area contributed by atoms with Crippen LogP contribution < -0.4 is 0 Å². The number of hydrogen-bond acceptors (Lipinski definition) is 3. The normalized spacial score (nSPS) is 24.6. The molecule has 24 heavy (non-hydrogen) atoms. The molecule has 4 nitrogen and oxygen atoms in total. The minimum Gasteiger partial charge on any atom is -0.469 e. The summed E-state index contributed by atoms with van der Waals surface area (Å²) >= 11 is 0. The number of furan rings is 1. The zero-order valence-corrected chi connectivity index (χ0v) is 13.9. The van der Waals surface area contributed by atoms with E-state index in [0.29, 0.717) is 11.8 Å². The standard InChI is InChI=1S/C20H24N2O2/c23-20(18-14-17(18)19-8-4-13-24-19)22-10-5-9-21(11-12-22)15-16-6-2-1-3-7-16/h1-4,6-8,13,17-18H,5,9-12,14-15H2. The molecular weight excluding hydrogens is 300 g/mol. The molecule has 2 atom stereocenters. The molecule has 1 amide bonds. The molecule has 2 fully saturated rings. The Balaban J connectivity index is 1.31. The zero-order valence-electron chi connectivity index (χ0n) is 13.9. The summed E-state index contributed by atoms with van der Waals surface area (Å²) in [6, 6.07) is 14.5. The number of carbonyl (C=O) groups excluding carboxylic acids is 1. The Labute approximate surface area is 143 Å². The van der Waals surface area contributed by atoms with E-state index >= 15 is 0 Å². The molecule has 0 bridgehead atoms. The first-order valence-electron chi connectivity index (χ1n) is 8.90. The van der Waals surface area contributed by atoms with Crippen LogP contribution in [-0.4, -0.2) is 41.9 Å². The molecule has 1 aromatic carbocycles. The van der Waals surface area contributed by atoms with E-state index in [1.165, 1.54) is 5.56 Å². The van der Waals surface area contributed by atoms with Gasteiger partial charge < -0.3 is 9.32 Å². The number of benzene rings is 1. The number of amides is 1. The second-order valence-corrected chi connectivity index (χ2v) is 6.90. The van der Waals surface area contributed by atoms with E-state index in [4.69, 9.17) is 4.42 Å². The molecule has 0 spiro atoms. The molecule has 0 radical (unpaired) electrons. The second-order valence-electron chi connectivity index (χ2n) is 6.90. The van der Waals surface area contributed by atoms with Gasteiger partial charge in [0.25, 0.3) is 0 Å². The first-order chi connectivity index (χ1) is 11.8. The van der Waals surface area contributed by atoms with Crippen molar-refractivity contribution in [3.8, 4) is 0 Å². The molecule has 1 aromatic heterocycles. The van der Waals surface area contributed by atoms with Crippen molar-refractivity contribution in [3.63, 3.8) is 0 Å². The predicted molar refractivity (Wildman–Crippen MR) is 92.5 cm³/mol. The number of hydrogen-bond donors (Lipinski definition) is 0. The Morgan fingerprint density at radius 3 is 2.71 bits per heavy atom. The highest BCUT2D eigenvalue weighted by molar-refractivity contribution is 5.82. The van der Waals surface area contributed by atoms with Crippen molar-refractivity contribution >= 4 is 5.91 Å². The van der Waals surface area contributed by atoms with Gasteiger partial charge in [0.05, 0.1) is 6.26 Å². The van der Waals surface area contributed by atoms with Crippen molar-refractivity contribution in [1.29, 1.82) is 0 Å². The number of rotatable bonds is 4. The summed E-state index contributed by atoms with van der Waals surface area (Å²) in [5, 5.41) is 0. The highest BCUT2D eigenvalue weighted by Gasteiger charge is 2.47. The highest BCUT2D eigenvalue weighted by atomic mass is 16.3. The molecule has 4 rings (SSSR count). The van der Waals surface area contributed by atoms with E-state index in [1.54, 1.807) is 6.26 Å². The molecule has 1 aliphatic heterocycles. The van der Waals surface area contributed by atoms with Crippen LogP contribution in [0, 0.1) is 5.92 Å². The molecule has 1 saturated carbocycles. The third kappa shape index (κ3) is 3.39. The minimum absolute atomic E-state index is 0.136. The van der Waals surface area contributed by atoms with Crippen LogP contribution in [-0.2, 0) is 11.3 Å². The summed E-state index contributed by atoms with van der Waals surface area (Å²) in [5.74, 6) is 1.72. The van der Waals surface area contributed by atoms with E-state index in [0.717, 1.165) is 51.3 Å². The summed E-state index contributed by atoms with van der Waals surface area (Å²) in [4.78, 5) is 17.3. The Kier molecular flexibility index (Phi) is 4.39. The molecule has 1 saturated heterocycles. The fourth-order valence-electron chi connectivity index (χ4n) is 3.71. The Bertz CT molecular complexity index is 668. The van der Waals surface area contributed by atoms with Crippen LogP contribution in [0.2, 0.25) is 0 Å². The summed E-state index contributed by atoms with van der Waals surface area (Å²) in [5.41, 5.74) is 1.34. The van der Waals surface area contributed by atoms with Gasteiger partial charge in [-0.15, -0.1) is 0 Å². The summed E-state index contributed by atoms with van der Waals surface area (Å²) in [6.07, 6.45) is 3.69. The van der Waals surface area contributed by atoms with Crippen molar-refractivity contribution in [3.05, 3.63) is 60.1 Å². The van der Waals surface area contributed by atoms with Crippen molar-refractivity contribution < 1.29 is 9.21 Å². The Hall–Kier alpha value is -2.07. The summed E-state index contributed by atoms with van der Waals surface area (Å²) in [6.45, 7) is 4.71. The first-order valence-corrected chi connectivity index (χ1v) is 8.90. The average molecular weight is 324 g/mol. The van der Waals surface area contributed by atoms with Crippen LogP contribution in [0.25, 0.3) is 0 Å². The average Bonchev–Trinajstić information content (AvgIpc) is 3.29. The van der Waals surface area contributed by atoms with Crippen LogP contribution in [0.5, 0.6) is 0 Å². The van der Waals surface area contributed by atoms with Gasteiger partial charge in [-0.1, -0.05) is 30.3 Å². The third-order valence-corrected chi connectivity index (χ3v) is 5.17. The third-order valence-electron chi connectivity index (χ3n) is 5.17. The van der Waals surface area contributed by atoms with Crippen molar-refractivity contribution in [2.24, 2.45) is 5.92 Å². The monoisotopic (exact) mass is 324 g/mol. The van der Waals surface area contributed by atoms with E-state index in [2.05, 4.69) is 40.1 Å². The summed E-state index contributed by atoms with van der Waals surface area (Å²) in [7, 11) is 0. The lowest BCUT2D eigenvalue weighted by atomic mass is 10.2. The molecule has 2 unspecified atom stereocenters. The van der Waals surface area contributed by atoms with Crippen molar-refractivity contribution in [1.82, 2.24) is 9.80 Å². The topological polar surface area (TPSA) is 36.7 Å². The van der Waals surface area contributed by atoms with Gasteiger partial charge in [-0.3, -0.25) is 9.69 Å². The van der Waals surface area contributed by atoms with Gasteiger partial charge in [0.15, 0.2) is 0 Å². The van der Waals surface area contributed by atoms with Crippen LogP contribution >= 0.6 is 0 Å². The van der Waals surface area contributed by atoms with E-state index in [1.807, 2.05) is 12.1 Å². The molecule has 126 valence electrons. The molecule has 2 aliphatic rings. The van der Waals surface area contributed by atoms with Gasteiger partial charge in [-0.05, 0) is 30.5 Å². The van der Waals surface area contributed by atoms with E-state index in [-0.39, 0.29) is 5.92 Å². The van der Waals surface area contributed by atoms with E-state index < -0.39 is 0 Å². The van der Waals surface area contributed by atoms with Crippen molar-refractivity contribution in [2.45, 2.75) is 25.3 Å². The molecular formula is C20H24N2O2. The Morgan fingerprint density at radius 1 is 1.04 bits per heavy atom. The van der Waals surface area contributed by atoms with Gasteiger partial charge in [0.1, 0.15) is 5.76 Å². The maximum atomic E-state index is 12.7. The van der Waals surface area contributed by atoms with Gasteiger partial charge in [-0.2, -0.15) is 0 Å². The smallest absolute Gasteiger partial charge is 0.226 e. The fraction of sp³-hybridized carbons (Fsp3) is 0.450. The quantitative estimate of drug-likeness (QED) is 0.867. The highest BCUT2D eigenvalue weighted by Crippen LogP contribution is 2.48. The zero-order chi connectivity index (χ0) is 16.4. The van der Waals surface area contributed by atoms with Gasteiger partial charge in [-0.25, -0.2) is 0 Å². The van der Waals surface area contributed by atoms with E-state index in [9.17, 15) is 4.79 Å². The lowest BCUT2D eigenvalue weighted by Gasteiger charge is -2.22. The van der Waals surface area contributed by atoms with Crippen LogP contribution in [0.15, 0.2) is 53.1 Å². The molecule has 2 aromatic rings. The molecule has 2 heterocycles. The second kappa shape index (κ2) is 6.81. The van der Waals surface area contributed by atoms with Gasteiger partial charge in [0.2, 0.25) is 5.91 Å². The van der Waals surface area contributed by atoms with Gasteiger partial charge >= 0.3 is 0 Å². The lowest BCUT2D eigenvalue weighted by Crippen LogP contribution is -2.36. The lowest BCUT2D eigenvalue weighted by molar-refractivity contribution is -0.132. The fourth-order valence-corrected chi connectivity index (χ4v) is 3.71. The molecule has 1 aliphatic carbocycles. The molecule has 4 heteroatoms. The van der Waals surface area contributed by atoms with Gasteiger partial charge in [0, 0.05) is 44.6 Å². The maximum Gasteiger partial charge on any atom is 0.226 e. The van der Waals surface area contributed by atoms with Crippen molar-refractivity contribution in [2.75, 3.05) is 26.2 Å². The Morgan fingerprint density at radius 2 is 1.92 bits per heavy atom. The molecule has 0 N–H and O–H groups in total. The van der Waals surface area contributed by atoms with Crippen LogP contribution in [0.1, 0.15) is 30.1 Å². The minimum atomic E-state index is 0.136. The van der Waals surface area contributed by atoms with Crippen LogP contribution in [0.4, 0.5) is 0 Å². The number of nitrogens with zero attached hydrogens (tertiary/aromatic N) is 2. The summed E-state index contributed by atoms with van der Waals surface area (Å²) < 4.78 is 5.45.